The highest BCUT2D eigenvalue weighted by molar-refractivity contribution is 7.15. The lowest BCUT2D eigenvalue weighted by Crippen LogP contribution is -2.26. The molecule has 1 heterocycles. The summed E-state index contributed by atoms with van der Waals surface area (Å²) in [6.45, 7) is 1.76. The number of nitrogens with two attached hydrogens (primary N) is 1. The number of carbonyl (C=O) groups is 1. The van der Waals surface area contributed by atoms with Crippen molar-refractivity contribution in [3.63, 3.8) is 0 Å². The van der Waals surface area contributed by atoms with Crippen molar-refractivity contribution in [2.75, 3.05) is 11.9 Å². The fraction of sp³-hybridized carbons (Fsp3) is 0.625. The summed E-state index contributed by atoms with van der Waals surface area (Å²) in [4.78, 5) is 11.4. The Hall–Kier alpha value is -1.22. The van der Waals surface area contributed by atoms with Gasteiger partial charge in [-0.3, -0.25) is 4.79 Å². The van der Waals surface area contributed by atoms with Crippen molar-refractivity contribution in [2.24, 2.45) is 11.7 Å². The molecular weight excluding hydrogens is 257 g/mol. The van der Waals surface area contributed by atoms with Crippen LogP contribution in [0.5, 0.6) is 0 Å². The number of hydrogen-bond donors (Lipinski definition) is 2. The van der Waals surface area contributed by atoms with Crippen molar-refractivity contribution in [2.45, 2.75) is 19.5 Å². The lowest BCUT2D eigenvalue weighted by atomic mass is 10.2. The fourth-order valence-electron chi connectivity index (χ4n) is 0.883. The SMILES string of the molecule is CC(CN)C(=O)Nc1nnc(CC(F)(F)F)s1. The predicted molar refractivity (Wildman–Crippen MR) is 56.5 cm³/mol. The van der Waals surface area contributed by atoms with Crippen molar-refractivity contribution >= 4 is 22.4 Å². The first-order chi connectivity index (χ1) is 7.81. The van der Waals surface area contributed by atoms with E-state index in [2.05, 4.69) is 15.5 Å². The first-order valence-electron chi connectivity index (χ1n) is 4.72. The molecule has 1 aromatic rings. The Morgan fingerprint density at radius 1 is 1.53 bits per heavy atom. The van der Waals surface area contributed by atoms with Gasteiger partial charge in [0.15, 0.2) is 0 Å². The highest BCUT2D eigenvalue weighted by Gasteiger charge is 2.30. The van der Waals surface area contributed by atoms with E-state index in [-0.39, 0.29) is 22.6 Å². The van der Waals surface area contributed by atoms with Crippen LogP contribution in [0.1, 0.15) is 11.9 Å². The van der Waals surface area contributed by atoms with Gasteiger partial charge < -0.3 is 11.1 Å². The minimum Gasteiger partial charge on any atom is -0.330 e. The molecule has 5 nitrogen and oxygen atoms in total. The highest BCUT2D eigenvalue weighted by Crippen LogP contribution is 2.25. The molecule has 0 bridgehead atoms. The normalized spacial score (nSPS) is 13.5. The summed E-state index contributed by atoms with van der Waals surface area (Å²) >= 11 is 0.701. The Morgan fingerprint density at radius 2 is 2.18 bits per heavy atom. The molecule has 0 radical (unpaired) electrons. The minimum absolute atomic E-state index is 0.0505. The lowest BCUT2D eigenvalue weighted by Gasteiger charge is -2.06. The maximum absolute atomic E-state index is 12.0. The van der Waals surface area contributed by atoms with Gasteiger partial charge in [0, 0.05) is 12.5 Å². The molecule has 0 aliphatic carbocycles. The van der Waals surface area contributed by atoms with Gasteiger partial charge in [-0.1, -0.05) is 18.3 Å². The molecule has 0 aromatic carbocycles. The van der Waals surface area contributed by atoms with Gasteiger partial charge in [0.2, 0.25) is 11.0 Å². The van der Waals surface area contributed by atoms with E-state index in [0.29, 0.717) is 11.3 Å². The van der Waals surface area contributed by atoms with Crippen LogP contribution in [0.4, 0.5) is 18.3 Å². The van der Waals surface area contributed by atoms with E-state index in [1.54, 1.807) is 6.92 Å². The number of nitrogens with zero attached hydrogens (tertiary/aromatic N) is 2. The molecule has 1 amide bonds. The molecule has 3 N–H and O–H groups in total. The molecule has 0 saturated heterocycles. The zero-order chi connectivity index (χ0) is 13.1. The summed E-state index contributed by atoms with van der Waals surface area (Å²) in [6, 6.07) is 0. The summed E-state index contributed by atoms with van der Waals surface area (Å²) in [5.74, 6) is -0.813. The van der Waals surface area contributed by atoms with Gasteiger partial charge in [-0.15, -0.1) is 10.2 Å². The van der Waals surface area contributed by atoms with Gasteiger partial charge in [0.25, 0.3) is 0 Å². The van der Waals surface area contributed by atoms with Crippen LogP contribution in [0, 0.1) is 5.92 Å². The number of carbonyl (C=O) groups excluding carboxylic acids is 1. The van der Waals surface area contributed by atoms with Crippen LogP contribution < -0.4 is 11.1 Å². The standard InChI is InChI=1S/C8H11F3N4OS/c1-4(3-12)6(16)13-7-15-14-5(17-7)2-8(9,10)11/h4H,2-3,12H2,1H3,(H,13,15,16). The molecule has 1 unspecified atom stereocenters. The molecule has 96 valence electrons. The molecule has 0 aliphatic heterocycles. The third-order valence-corrected chi connectivity index (χ3v) is 2.69. The number of alkyl halides is 3. The lowest BCUT2D eigenvalue weighted by molar-refractivity contribution is -0.127. The van der Waals surface area contributed by atoms with Crippen LogP contribution in [0.3, 0.4) is 0 Å². The Bertz CT molecular complexity index is 392. The molecule has 17 heavy (non-hydrogen) atoms. The summed E-state index contributed by atoms with van der Waals surface area (Å²) in [5, 5.41) is 9.02. The van der Waals surface area contributed by atoms with Crippen molar-refractivity contribution in [1.29, 1.82) is 0 Å². The quantitative estimate of drug-likeness (QED) is 0.859. The van der Waals surface area contributed by atoms with Crippen molar-refractivity contribution in [3.05, 3.63) is 5.01 Å². The van der Waals surface area contributed by atoms with Crippen molar-refractivity contribution in [1.82, 2.24) is 10.2 Å². The number of aromatic nitrogens is 2. The number of hydrogen-bond acceptors (Lipinski definition) is 5. The number of rotatable bonds is 4. The van der Waals surface area contributed by atoms with Crippen LogP contribution in [-0.4, -0.2) is 28.8 Å². The summed E-state index contributed by atoms with van der Waals surface area (Å²) in [5.41, 5.74) is 5.27. The van der Waals surface area contributed by atoms with Crippen LogP contribution >= 0.6 is 11.3 Å². The largest absolute Gasteiger partial charge is 0.395 e. The number of anilines is 1. The van der Waals surface area contributed by atoms with Gasteiger partial charge in [-0.25, -0.2) is 0 Å². The zero-order valence-electron chi connectivity index (χ0n) is 8.91. The number of amides is 1. The van der Waals surface area contributed by atoms with Crippen LogP contribution in [-0.2, 0) is 11.2 Å². The van der Waals surface area contributed by atoms with Crippen LogP contribution in [0.2, 0.25) is 0 Å². The second-order valence-corrected chi connectivity index (χ2v) is 4.48. The Labute approximate surface area is 99.2 Å². The Kier molecular flexibility index (Phi) is 4.40. The van der Waals surface area contributed by atoms with Gasteiger partial charge in [-0.05, 0) is 0 Å². The van der Waals surface area contributed by atoms with E-state index in [1.807, 2.05) is 0 Å². The van der Waals surface area contributed by atoms with Gasteiger partial charge >= 0.3 is 6.18 Å². The smallest absolute Gasteiger partial charge is 0.330 e. The van der Waals surface area contributed by atoms with Gasteiger partial charge in [0.05, 0.1) is 6.42 Å². The van der Waals surface area contributed by atoms with Gasteiger partial charge in [0.1, 0.15) is 5.01 Å². The van der Waals surface area contributed by atoms with E-state index in [9.17, 15) is 18.0 Å². The van der Waals surface area contributed by atoms with Crippen LogP contribution in [0.15, 0.2) is 0 Å². The summed E-state index contributed by atoms with van der Waals surface area (Å²) in [7, 11) is 0. The molecule has 0 saturated carbocycles. The summed E-state index contributed by atoms with van der Waals surface area (Å²) < 4.78 is 36.1. The molecule has 1 atom stereocenters. The fourth-order valence-corrected chi connectivity index (χ4v) is 1.66. The number of nitrogens with one attached hydrogen (secondary N) is 1. The van der Waals surface area contributed by atoms with E-state index in [4.69, 9.17) is 5.73 Å². The molecule has 1 rings (SSSR count). The zero-order valence-corrected chi connectivity index (χ0v) is 9.73. The maximum atomic E-state index is 12.0. The highest BCUT2D eigenvalue weighted by atomic mass is 32.1. The maximum Gasteiger partial charge on any atom is 0.395 e. The third kappa shape index (κ3) is 4.65. The average Bonchev–Trinajstić information content (AvgIpc) is 2.61. The molecule has 0 fully saturated rings. The minimum atomic E-state index is -4.33. The molecule has 1 aromatic heterocycles. The van der Waals surface area contributed by atoms with Gasteiger partial charge in [-0.2, -0.15) is 13.2 Å². The van der Waals surface area contributed by atoms with E-state index >= 15 is 0 Å². The third-order valence-electron chi connectivity index (χ3n) is 1.85. The van der Waals surface area contributed by atoms with E-state index in [0.717, 1.165) is 0 Å². The Balaban J connectivity index is 2.60. The first-order valence-corrected chi connectivity index (χ1v) is 5.53. The second-order valence-electron chi connectivity index (χ2n) is 3.42. The van der Waals surface area contributed by atoms with Crippen LogP contribution in [0.25, 0.3) is 0 Å². The topological polar surface area (TPSA) is 80.9 Å². The molecule has 0 spiro atoms. The molecule has 0 aliphatic rings. The molecule has 9 heteroatoms. The van der Waals surface area contributed by atoms with Crippen molar-refractivity contribution < 1.29 is 18.0 Å². The predicted octanol–water partition coefficient (Wildman–Crippen LogP) is 1.18. The first kappa shape index (κ1) is 13.8. The number of halogens is 3. The second kappa shape index (κ2) is 5.41. The Morgan fingerprint density at radius 3 is 2.71 bits per heavy atom. The van der Waals surface area contributed by atoms with E-state index < -0.39 is 18.5 Å². The monoisotopic (exact) mass is 268 g/mol. The van der Waals surface area contributed by atoms with Crippen molar-refractivity contribution in [3.8, 4) is 0 Å². The molecular formula is C8H11F3N4OS. The van der Waals surface area contributed by atoms with E-state index in [1.165, 1.54) is 0 Å². The summed E-state index contributed by atoms with van der Waals surface area (Å²) in [6.07, 6.45) is -5.47. The average molecular weight is 268 g/mol.